The third-order valence-corrected chi connectivity index (χ3v) is 5.30. The van der Waals surface area contributed by atoms with Crippen LogP contribution in [-0.2, 0) is 4.79 Å². The fourth-order valence-corrected chi connectivity index (χ4v) is 3.87. The number of carbonyl (C=O) groups excluding carboxylic acids is 1. The Bertz CT molecular complexity index is 902. The quantitative estimate of drug-likeness (QED) is 0.898. The number of fused-ring (bicyclic) bond motifs is 1. The van der Waals surface area contributed by atoms with Gasteiger partial charge >= 0.3 is 5.69 Å². The van der Waals surface area contributed by atoms with Gasteiger partial charge in [-0.05, 0) is 55.7 Å². The number of anilines is 1. The molecule has 1 saturated carbocycles. The lowest BCUT2D eigenvalue weighted by atomic mass is 9.79. The molecule has 6 nitrogen and oxygen atoms in total. The third kappa shape index (κ3) is 3.52. The van der Waals surface area contributed by atoms with Crippen LogP contribution in [0.4, 0.5) is 5.69 Å². The van der Waals surface area contributed by atoms with Gasteiger partial charge in [0.1, 0.15) is 0 Å². The van der Waals surface area contributed by atoms with Crippen LogP contribution in [0.15, 0.2) is 27.8 Å². The van der Waals surface area contributed by atoms with Gasteiger partial charge in [0, 0.05) is 18.7 Å². The van der Waals surface area contributed by atoms with Gasteiger partial charge in [-0.1, -0.05) is 13.8 Å². The molecule has 0 atom stereocenters. The maximum atomic E-state index is 12.9. The van der Waals surface area contributed by atoms with Crippen molar-refractivity contribution in [1.29, 1.82) is 0 Å². The van der Waals surface area contributed by atoms with E-state index in [-0.39, 0.29) is 23.2 Å². The highest BCUT2D eigenvalue weighted by molar-refractivity contribution is 5.91. The molecule has 134 valence electrons. The van der Waals surface area contributed by atoms with Crippen molar-refractivity contribution in [1.82, 2.24) is 9.55 Å². The highest BCUT2D eigenvalue weighted by atomic mass is 16.2. The van der Waals surface area contributed by atoms with Crippen molar-refractivity contribution < 1.29 is 4.79 Å². The summed E-state index contributed by atoms with van der Waals surface area (Å²) in [5.41, 5.74) is 0.423. The monoisotopic (exact) mass is 343 g/mol. The molecule has 0 spiro atoms. The number of benzene rings is 1. The van der Waals surface area contributed by atoms with Gasteiger partial charge in [0.05, 0.1) is 10.9 Å². The minimum atomic E-state index is -0.349. The maximum Gasteiger partial charge on any atom is 0.329 e. The van der Waals surface area contributed by atoms with Crippen LogP contribution >= 0.6 is 0 Å². The van der Waals surface area contributed by atoms with Gasteiger partial charge in [0.2, 0.25) is 5.91 Å². The highest BCUT2D eigenvalue weighted by Gasteiger charge is 2.26. The van der Waals surface area contributed by atoms with E-state index in [0.29, 0.717) is 28.4 Å². The first kappa shape index (κ1) is 17.5. The number of hydrogen-bond donors (Lipinski definition) is 2. The molecule has 1 aromatic heterocycles. The Hall–Kier alpha value is -2.37. The molecule has 0 saturated heterocycles. The number of carbonyl (C=O) groups is 1. The predicted octanol–water partition coefficient (Wildman–Crippen LogP) is 3.04. The molecule has 0 aliphatic heterocycles. The second kappa shape index (κ2) is 6.86. The van der Waals surface area contributed by atoms with Crippen molar-refractivity contribution >= 4 is 22.5 Å². The van der Waals surface area contributed by atoms with Crippen molar-refractivity contribution in [3.05, 3.63) is 39.0 Å². The summed E-state index contributed by atoms with van der Waals surface area (Å²) in [5, 5.41) is 3.10. The second-order valence-corrected chi connectivity index (χ2v) is 7.36. The molecule has 6 heteroatoms. The fourth-order valence-electron chi connectivity index (χ4n) is 3.87. The maximum absolute atomic E-state index is 12.9. The minimum absolute atomic E-state index is 0.0555. The molecule has 1 aliphatic rings. The molecule has 25 heavy (non-hydrogen) atoms. The number of amides is 1. The summed E-state index contributed by atoms with van der Waals surface area (Å²) in [7, 11) is 0. The minimum Gasteiger partial charge on any atom is -0.326 e. The molecule has 0 unspecified atom stereocenters. The van der Waals surface area contributed by atoms with Crippen LogP contribution < -0.4 is 16.6 Å². The van der Waals surface area contributed by atoms with Crippen LogP contribution in [0.5, 0.6) is 0 Å². The fraction of sp³-hybridized carbons (Fsp3) is 0.526. The Balaban J connectivity index is 1.99. The zero-order valence-electron chi connectivity index (χ0n) is 15.0. The first-order valence-corrected chi connectivity index (χ1v) is 8.93. The van der Waals surface area contributed by atoms with Crippen molar-refractivity contribution in [3.8, 4) is 0 Å². The van der Waals surface area contributed by atoms with Crippen molar-refractivity contribution in [3.63, 3.8) is 0 Å². The molecule has 1 amide bonds. The highest BCUT2D eigenvalue weighted by Crippen LogP contribution is 2.34. The Morgan fingerprint density at radius 3 is 2.48 bits per heavy atom. The topological polar surface area (TPSA) is 84.0 Å². The molecule has 1 aliphatic carbocycles. The summed E-state index contributed by atoms with van der Waals surface area (Å²) >= 11 is 0. The zero-order valence-corrected chi connectivity index (χ0v) is 15.0. The molecule has 2 aromatic rings. The van der Waals surface area contributed by atoms with E-state index in [1.54, 1.807) is 18.2 Å². The molecule has 1 aromatic carbocycles. The molecule has 1 fully saturated rings. The van der Waals surface area contributed by atoms with E-state index in [9.17, 15) is 14.4 Å². The summed E-state index contributed by atoms with van der Waals surface area (Å²) in [4.78, 5) is 39.4. The van der Waals surface area contributed by atoms with E-state index in [4.69, 9.17) is 0 Å². The number of nitrogens with zero attached hydrogens (tertiary/aromatic N) is 1. The van der Waals surface area contributed by atoms with Gasteiger partial charge in [-0.2, -0.15) is 0 Å². The van der Waals surface area contributed by atoms with Crippen LogP contribution in [0.1, 0.15) is 52.5 Å². The zero-order chi connectivity index (χ0) is 18.1. The number of aromatic nitrogens is 2. The molecule has 0 radical (unpaired) electrons. The number of aromatic amines is 1. The van der Waals surface area contributed by atoms with Crippen molar-refractivity contribution in [2.45, 2.75) is 52.5 Å². The van der Waals surface area contributed by atoms with Crippen LogP contribution in [0.2, 0.25) is 0 Å². The van der Waals surface area contributed by atoms with Crippen LogP contribution in [0, 0.1) is 11.8 Å². The van der Waals surface area contributed by atoms with Gasteiger partial charge in [-0.3, -0.25) is 14.2 Å². The first-order chi connectivity index (χ1) is 11.9. The number of hydrogen-bond acceptors (Lipinski definition) is 3. The SMILES string of the molecule is CC(=O)Nc1ccc2[nH]c(=O)n(C3CCC(C(C)C)CC3)c(=O)c2c1. The van der Waals surface area contributed by atoms with Crippen molar-refractivity contribution in [2.24, 2.45) is 11.8 Å². The summed E-state index contributed by atoms with van der Waals surface area (Å²) < 4.78 is 1.37. The van der Waals surface area contributed by atoms with Gasteiger partial charge in [0.15, 0.2) is 0 Å². The lowest BCUT2D eigenvalue weighted by Crippen LogP contribution is -2.39. The predicted molar refractivity (Wildman–Crippen MR) is 99.0 cm³/mol. The van der Waals surface area contributed by atoms with Crippen LogP contribution in [0.3, 0.4) is 0 Å². The summed E-state index contributed by atoms with van der Waals surface area (Å²) in [6.45, 7) is 5.87. The second-order valence-electron chi connectivity index (χ2n) is 7.36. The van der Waals surface area contributed by atoms with Gasteiger partial charge in [-0.15, -0.1) is 0 Å². The van der Waals surface area contributed by atoms with E-state index in [2.05, 4.69) is 24.1 Å². The largest absolute Gasteiger partial charge is 0.329 e. The van der Waals surface area contributed by atoms with Crippen molar-refractivity contribution in [2.75, 3.05) is 5.32 Å². The molecule has 3 rings (SSSR count). The van der Waals surface area contributed by atoms with E-state index in [1.165, 1.54) is 11.5 Å². The van der Waals surface area contributed by atoms with Crippen LogP contribution in [0.25, 0.3) is 10.9 Å². The lowest BCUT2D eigenvalue weighted by molar-refractivity contribution is -0.114. The Morgan fingerprint density at radius 2 is 1.88 bits per heavy atom. The molecule has 1 heterocycles. The number of H-pyrrole nitrogens is 1. The Morgan fingerprint density at radius 1 is 1.20 bits per heavy atom. The molecule has 0 bridgehead atoms. The van der Waals surface area contributed by atoms with Gasteiger partial charge in [0.25, 0.3) is 5.56 Å². The lowest BCUT2D eigenvalue weighted by Gasteiger charge is -2.31. The van der Waals surface area contributed by atoms with E-state index in [1.807, 2.05) is 0 Å². The summed E-state index contributed by atoms with van der Waals surface area (Å²) in [5.74, 6) is 1.10. The molecular formula is C19H25N3O3. The van der Waals surface area contributed by atoms with E-state index >= 15 is 0 Å². The summed E-state index contributed by atoms with van der Waals surface area (Å²) in [6.07, 6.45) is 3.78. The number of rotatable bonds is 3. The Labute approximate surface area is 146 Å². The smallest absolute Gasteiger partial charge is 0.326 e. The van der Waals surface area contributed by atoms with Gasteiger partial charge in [-0.25, -0.2) is 4.79 Å². The molecular weight excluding hydrogens is 318 g/mol. The standard InChI is InChI=1S/C19H25N3O3/c1-11(2)13-4-7-15(8-5-13)22-18(24)16-10-14(20-12(3)23)6-9-17(16)21-19(22)25/h6,9-11,13,15H,4-5,7-8H2,1-3H3,(H,20,23)(H,21,25). The number of nitrogens with one attached hydrogen (secondary N) is 2. The van der Waals surface area contributed by atoms with Gasteiger partial charge < -0.3 is 10.3 Å². The Kier molecular flexibility index (Phi) is 4.79. The third-order valence-electron chi connectivity index (χ3n) is 5.30. The van der Waals surface area contributed by atoms with E-state index < -0.39 is 0 Å². The van der Waals surface area contributed by atoms with Crippen LogP contribution in [-0.4, -0.2) is 15.5 Å². The average Bonchev–Trinajstić information content (AvgIpc) is 2.55. The summed E-state index contributed by atoms with van der Waals surface area (Å²) in [6, 6.07) is 4.91. The first-order valence-electron chi connectivity index (χ1n) is 8.93. The van der Waals surface area contributed by atoms with E-state index in [0.717, 1.165) is 25.7 Å². The normalized spacial score (nSPS) is 20.8. The average molecular weight is 343 g/mol. The molecule has 2 N–H and O–H groups in total.